The summed E-state index contributed by atoms with van der Waals surface area (Å²) in [4.78, 5) is 15.9. The summed E-state index contributed by atoms with van der Waals surface area (Å²) in [6.45, 7) is 1.89. The molecule has 0 radical (unpaired) electrons. The van der Waals surface area contributed by atoms with Crippen LogP contribution in [0.25, 0.3) is 0 Å². The van der Waals surface area contributed by atoms with Crippen LogP contribution in [0.3, 0.4) is 0 Å². The zero-order valence-corrected chi connectivity index (χ0v) is 9.61. The zero-order chi connectivity index (χ0) is 11.7. The summed E-state index contributed by atoms with van der Waals surface area (Å²) < 4.78 is 5.17. The minimum absolute atomic E-state index is 0.164. The number of piperidine rings is 1. The number of nitrogens with one attached hydrogen (secondary N) is 2. The molecule has 6 nitrogen and oxygen atoms in total. The highest BCUT2D eigenvalue weighted by atomic mass is 16.5. The van der Waals surface area contributed by atoms with Gasteiger partial charge in [0.1, 0.15) is 0 Å². The second-order valence-electron chi connectivity index (χ2n) is 4.75. The van der Waals surface area contributed by atoms with Crippen molar-refractivity contribution < 1.29 is 9.32 Å². The van der Waals surface area contributed by atoms with Crippen molar-refractivity contribution >= 4 is 5.91 Å². The Bertz CT molecular complexity index is 407. The molecule has 0 unspecified atom stereocenters. The van der Waals surface area contributed by atoms with E-state index < -0.39 is 0 Å². The summed E-state index contributed by atoms with van der Waals surface area (Å²) >= 11 is 0. The second-order valence-corrected chi connectivity index (χ2v) is 4.75. The quantitative estimate of drug-likeness (QED) is 0.795. The Morgan fingerprint density at radius 3 is 3.00 bits per heavy atom. The van der Waals surface area contributed by atoms with Crippen LogP contribution in [0.4, 0.5) is 0 Å². The molecule has 0 spiro atoms. The molecule has 1 aliphatic heterocycles. The van der Waals surface area contributed by atoms with Crippen molar-refractivity contribution in [2.24, 2.45) is 0 Å². The van der Waals surface area contributed by atoms with Gasteiger partial charge in [0.2, 0.25) is 5.89 Å². The number of hydrogen-bond acceptors (Lipinski definition) is 5. The molecule has 0 bridgehead atoms. The van der Waals surface area contributed by atoms with Gasteiger partial charge in [-0.25, -0.2) is 0 Å². The smallest absolute Gasteiger partial charge is 0.292 e. The molecule has 2 N–H and O–H groups in total. The van der Waals surface area contributed by atoms with Crippen molar-refractivity contribution in [3.05, 3.63) is 11.7 Å². The third-order valence-corrected chi connectivity index (χ3v) is 3.20. The molecule has 0 aromatic carbocycles. The highest BCUT2D eigenvalue weighted by molar-refractivity contribution is 5.90. The number of rotatable bonds is 3. The predicted octanol–water partition coefficient (Wildman–Crippen LogP) is 0.429. The number of carbonyl (C=O) groups is 1. The minimum atomic E-state index is -0.216. The van der Waals surface area contributed by atoms with Gasteiger partial charge in [-0.1, -0.05) is 5.16 Å². The summed E-state index contributed by atoms with van der Waals surface area (Å²) in [5.74, 6) is 0.778. The molecule has 1 aromatic rings. The maximum atomic E-state index is 11.7. The van der Waals surface area contributed by atoms with E-state index in [4.69, 9.17) is 4.52 Å². The molecule has 1 amide bonds. The van der Waals surface area contributed by atoms with Crippen LogP contribution in [-0.2, 0) is 0 Å². The van der Waals surface area contributed by atoms with E-state index in [-0.39, 0.29) is 17.6 Å². The molecular weight excluding hydrogens is 220 g/mol. The number of hydrogen-bond donors (Lipinski definition) is 2. The lowest BCUT2D eigenvalue weighted by atomic mass is 10.00. The Morgan fingerprint density at radius 1 is 1.41 bits per heavy atom. The average Bonchev–Trinajstić information content (AvgIpc) is 3.04. The number of nitrogens with zero attached hydrogens (tertiary/aromatic N) is 2. The van der Waals surface area contributed by atoms with Gasteiger partial charge >= 0.3 is 0 Å². The van der Waals surface area contributed by atoms with E-state index in [2.05, 4.69) is 20.8 Å². The molecule has 1 aromatic heterocycles. The van der Waals surface area contributed by atoms with Crippen molar-refractivity contribution in [1.82, 2.24) is 20.8 Å². The first kappa shape index (κ1) is 10.7. The average molecular weight is 236 g/mol. The summed E-state index contributed by atoms with van der Waals surface area (Å²) in [6.07, 6.45) is 4.27. The maximum Gasteiger partial charge on any atom is 0.292 e. The fourth-order valence-corrected chi connectivity index (χ4v) is 2.03. The van der Waals surface area contributed by atoms with Gasteiger partial charge in [0.05, 0.1) is 5.92 Å². The van der Waals surface area contributed by atoms with E-state index in [9.17, 15) is 4.79 Å². The molecule has 2 fully saturated rings. The van der Waals surface area contributed by atoms with Gasteiger partial charge in [-0.05, 0) is 32.2 Å². The molecule has 1 saturated heterocycles. The van der Waals surface area contributed by atoms with E-state index in [1.807, 2.05) is 0 Å². The normalized spacial score (nSPS) is 24.6. The lowest BCUT2D eigenvalue weighted by Crippen LogP contribution is -2.29. The van der Waals surface area contributed by atoms with E-state index >= 15 is 0 Å². The Hall–Kier alpha value is -1.43. The van der Waals surface area contributed by atoms with Crippen LogP contribution in [0.5, 0.6) is 0 Å². The van der Waals surface area contributed by atoms with Gasteiger partial charge in [0, 0.05) is 12.6 Å². The molecule has 2 aliphatic rings. The van der Waals surface area contributed by atoms with E-state index in [0.29, 0.717) is 11.9 Å². The minimum Gasteiger partial charge on any atom is -0.346 e. The van der Waals surface area contributed by atoms with Gasteiger partial charge in [-0.15, -0.1) is 0 Å². The molecule has 6 heteroatoms. The topological polar surface area (TPSA) is 80.0 Å². The summed E-state index contributed by atoms with van der Waals surface area (Å²) in [5, 5.41) is 9.88. The standard InChI is InChI=1S/C11H16N4O2/c16-10(13-8-3-4-8)9-14-11(17-15-9)7-2-1-5-12-6-7/h7-8,12H,1-6H2,(H,13,16)/t7-/m1/s1. The molecule has 92 valence electrons. The molecule has 1 saturated carbocycles. The molecule has 2 heterocycles. The van der Waals surface area contributed by atoms with E-state index in [1.54, 1.807) is 0 Å². The first-order valence-electron chi connectivity index (χ1n) is 6.18. The van der Waals surface area contributed by atoms with E-state index in [0.717, 1.165) is 38.8 Å². The van der Waals surface area contributed by atoms with Gasteiger partial charge in [0.25, 0.3) is 11.7 Å². The number of aromatic nitrogens is 2. The van der Waals surface area contributed by atoms with E-state index in [1.165, 1.54) is 0 Å². The van der Waals surface area contributed by atoms with Crippen LogP contribution >= 0.6 is 0 Å². The van der Waals surface area contributed by atoms with Crippen molar-refractivity contribution in [1.29, 1.82) is 0 Å². The Labute approximate surface area is 99.2 Å². The Morgan fingerprint density at radius 2 is 2.29 bits per heavy atom. The Kier molecular flexibility index (Phi) is 2.80. The van der Waals surface area contributed by atoms with Crippen LogP contribution < -0.4 is 10.6 Å². The lowest BCUT2D eigenvalue weighted by Gasteiger charge is -2.18. The van der Waals surface area contributed by atoms with Gasteiger partial charge in [-0.3, -0.25) is 4.79 Å². The highest BCUT2D eigenvalue weighted by Gasteiger charge is 2.27. The van der Waals surface area contributed by atoms with Crippen LogP contribution in [-0.4, -0.2) is 35.2 Å². The fourth-order valence-electron chi connectivity index (χ4n) is 2.03. The molecular formula is C11H16N4O2. The van der Waals surface area contributed by atoms with Crippen molar-refractivity contribution in [2.75, 3.05) is 13.1 Å². The fraction of sp³-hybridized carbons (Fsp3) is 0.727. The Balaban J connectivity index is 1.65. The molecule has 17 heavy (non-hydrogen) atoms. The monoisotopic (exact) mass is 236 g/mol. The lowest BCUT2D eigenvalue weighted by molar-refractivity contribution is 0.0937. The van der Waals surface area contributed by atoms with Gasteiger partial charge in [0.15, 0.2) is 0 Å². The SMILES string of the molecule is O=C(NC1CC1)c1noc([C@@H]2CCCNC2)n1. The van der Waals surface area contributed by atoms with Crippen LogP contribution in [0.1, 0.15) is 48.1 Å². The molecule has 1 aliphatic carbocycles. The molecule has 1 atom stereocenters. The van der Waals surface area contributed by atoms with Crippen LogP contribution in [0.15, 0.2) is 4.52 Å². The zero-order valence-electron chi connectivity index (χ0n) is 9.61. The van der Waals surface area contributed by atoms with Gasteiger partial charge < -0.3 is 15.2 Å². The maximum absolute atomic E-state index is 11.7. The van der Waals surface area contributed by atoms with Crippen molar-refractivity contribution in [3.8, 4) is 0 Å². The van der Waals surface area contributed by atoms with Crippen molar-refractivity contribution in [3.63, 3.8) is 0 Å². The predicted molar refractivity (Wildman–Crippen MR) is 59.6 cm³/mol. The van der Waals surface area contributed by atoms with Gasteiger partial charge in [-0.2, -0.15) is 4.98 Å². The second kappa shape index (κ2) is 4.44. The summed E-state index contributed by atoms with van der Waals surface area (Å²) in [7, 11) is 0. The number of carbonyl (C=O) groups excluding carboxylic acids is 1. The first-order valence-corrected chi connectivity index (χ1v) is 6.18. The van der Waals surface area contributed by atoms with Crippen LogP contribution in [0.2, 0.25) is 0 Å². The molecule has 3 rings (SSSR count). The van der Waals surface area contributed by atoms with Crippen LogP contribution in [0, 0.1) is 0 Å². The largest absolute Gasteiger partial charge is 0.346 e. The first-order chi connectivity index (χ1) is 8.33. The van der Waals surface area contributed by atoms with Crippen molar-refractivity contribution in [2.45, 2.75) is 37.6 Å². The number of amides is 1. The highest BCUT2D eigenvalue weighted by Crippen LogP contribution is 2.22. The summed E-state index contributed by atoms with van der Waals surface area (Å²) in [5.41, 5.74) is 0. The summed E-state index contributed by atoms with van der Waals surface area (Å²) in [6, 6.07) is 0.320. The third-order valence-electron chi connectivity index (χ3n) is 3.20. The third kappa shape index (κ3) is 2.46.